The van der Waals surface area contributed by atoms with Crippen molar-refractivity contribution in [1.82, 2.24) is 4.90 Å². The average Bonchev–Trinajstić information content (AvgIpc) is 3.05. The highest BCUT2D eigenvalue weighted by Crippen LogP contribution is 2.34. The van der Waals surface area contributed by atoms with E-state index in [1.807, 2.05) is 24.3 Å². The standard InChI is InChI=1S/C18H19BrClNO2S/c19-8-3-10-23-18(22)17(14-4-1-2-5-15(14)20)21-9-6-16-13(12-21)7-11-24-16/h1-2,4-5,7,11,17H,3,6,8-10,12H2/t17-/m0/s1. The second kappa shape index (κ2) is 8.48. The van der Waals surface area contributed by atoms with Gasteiger partial charge in [-0.2, -0.15) is 0 Å². The number of carbonyl (C=O) groups is 1. The molecule has 1 atom stereocenters. The van der Waals surface area contributed by atoms with E-state index in [4.69, 9.17) is 16.3 Å². The molecular formula is C18H19BrClNO2S. The van der Waals surface area contributed by atoms with Crippen LogP contribution in [0.25, 0.3) is 0 Å². The Hall–Kier alpha value is -0.880. The molecule has 6 heteroatoms. The van der Waals surface area contributed by atoms with Crippen LogP contribution in [0.1, 0.15) is 28.5 Å². The summed E-state index contributed by atoms with van der Waals surface area (Å²) in [7, 11) is 0. The van der Waals surface area contributed by atoms with Crippen LogP contribution >= 0.6 is 38.9 Å². The summed E-state index contributed by atoms with van der Waals surface area (Å²) in [6, 6.07) is 9.23. The molecule has 0 amide bonds. The van der Waals surface area contributed by atoms with E-state index in [0.29, 0.717) is 11.6 Å². The van der Waals surface area contributed by atoms with Gasteiger partial charge in [-0.3, -0.25) is 4.90 Å². The number of benzene rings is 1. The highest BCUT2D eigenvalue weighted by atomic mass is 79.9. The Morgan fingerprint density at radius 3 is 3.00 bits per heavy atom. The van der Waals surface area contributed by atoms with Gasteiger partial charge in [0.25, 0.3) is 0 Å². The van der Waals surface area contributed by atoms with E-state index in [9.17, 15) is 4.79 Å². The average molecular weight is 429 g/mol. The Kier molecular flexibility index (Phi) is 6.33. The van der Waals surface area contributed by atoms with Gasteiger partial charge < -0.3 is 4.74 Å². The molecule has 128 valence electrons. The van der Waals surface area contributed by atoms with Gasteiger partial charge in [-0.1, -0.05) is 45.7 Å². The van der Waals surface area contributed by atoms with Gasteiger partial charge in [-0.05, 0) is 41.5 Å². The third-order valence-electron chi connectivity index (χ3n) is 4.15. The van der Waals surface area contributed by atoms with Crippen molar-refractivity contribution in [3.05, 3.63) is 56.7 Å². The summed E-state index contributed by atoms with van der Waals surface area (Å²) in [5.74, 6) is -0.220. The maximum atomic E-state index is 12.8. The molecule has 24 heavy (non-hydrogen) atoms. The number of carbonyl (C=O) groups excluding carboxylic acids is 1. The van der Waals surface area contributed by atoms with Gasteiger partial charge in [0, 0.05) is 28.3 Å². The molecule has 2 heterocycles. The van der Waals surface area contributed by atoms with E-state index in [1.165, 1.54) is 10.4 Å². The molecule has 1 aliphatic heterocycles. The molecule has 0 fully saturated rings. The predicted octanol–water partition coefficient (Wildman–Crippen LogP) is 4.83. The summed E-state index contributed by atoms with van der Waals surface area (Å²) in [4.78, 5) is 16.4. The van der Waals surface area contributed by atoms with Gasteiger partial charge in [0.15, 0.2) is 0 Å². The van der Waals surface area contributed by atoms with Gasteiger partial charge in [-0.25, -0.2) is 4.79 Å². The van der Waals surface area contributed by atoms with E-state index in [1.54, 1.807) is 11.3 Å². The lowest BCUT2D eigenvalue weighted by atomic mass is 10.0. The molecule has 1 aromatic heterocycles. The first-order valence-corrected chi connectivity index (χ1v) is 10.3. The molecule has 1 aromatic carbocycles. The number of rotatable bonds is 6. The molecule has 1 aliphatic rings. The molecule has 3 nitrogen and oxygen atoms in total. The SMILES string of the molecule is O=C(OCCCBr)[C@H](c1ccccc1Cl)N1CCc2sccc2C1. The van der Waals surface area contributed by atoms with Crippen LogP contribution in [0.4, 0.5) is 0 Å². The van der Waals surface area contributed by atoms with Crippen LogP contribution in [0.2, 0.25) is 5.02 Å². The first kappa shape index (κ1) is 17.9. The number of thiophene rings is 1. The van der Waals surface area contributed by atoms with E-state index in [-0.39, 0.29) is 5.97 Å². The predicted molar refractivity (Wildman–Crippen MR) is 102 cm³/mol. The zero-order valence-corrected chi connectivity index (χ0v) is 16.4. The van der Waals surface area contributed by atoms with Crippen molar-refractivity contribution in [3.8, 4) is 0 Å². The van der Waals surface area contributed by atoms with Crippen molar-refractivity contribution >= 4 is 44.8 Å². The third kappa shape index (κ3) is 4.02. The van der Waals surface area contributed by atoms with Gasteiger partial charge in [0.2, 0.25) is 0 Å². The summed E-state index contributed by atoms with van der Waals surface area (Å²) >= 11 is 11.5. The lowest BCUT2D eigenvalue weighted by Gasteiger charge is -2.33. The van der Waals surface area contributed by atoms with Crippen LogP contribution in [0.15, 0.2) is 35.7 Å². The van der Waals surface area contributed by atoms with Crippen LogP contribution in [-0.2, 0) is 22.5 Å². The monoisotopic (exact) mass is 427 g/mol. The smallest absolute Gasteiger partial charge is 0.328 e. The van der Waals surface area contributed by atoms with Crippen LogP contribution in [0, 0.1) is 0 Å². The van der Waals surface area contributed by atoms with Crippen molar-refractivity contribution in [1.29, 1.82) is 0 Å². The van der Waals surface area contributed by atoms with Crippen molar-refractivity contribution in [2.24, 2.45) is 0 Å². The second-order valence-electron chi connectivity index (χ2n) is 5.72. The quantitative estimate of drug-likeness (QED) is 0.375. The first-order valence-electron chi connectivity index (χ1n) is 7.97. The largest absolute Gasteiger partial charge is 0.464 e. The first-order chi connectivity index (χ1) is 11.7. The molecule has 0 N–H and O–H groups in total. The molecule has 0 bridgehead atoms. The second-order valence-corrected chi connectivity index (χ2v) is 7.92. The Morgan fingerprint density at radius 2 is 2.21 bits per heavy atom. The van der Waals surface area contributed by atoms with Crippen LogP contribution in [-0.4, -0.2) is 29.4 Å². The fourth-order valence-corrected chi connectivity index (χ4v) is 4.32. The molecule has 3 rings (SSSR count). The fraction of sp³-hybridized carbons (Fsp3) is 0.389. The normalized spacial score (nSPS) is 15.8. The van der Waals surface area contributed by atoms with Gasteiger partial charge in [0.05, 0.1) is 6.61 Å². The number of halogens is 2. The summed E-state index contributed by atoms with van der Waals surface area (Å²) in [6.07, 6.45) is 1.76. The lowest BCUT2D eigenvalue weighted by molar-refractivity contribution is -0.150. The molecule has 0 spiro atoms. The minimum Gasteiger partial charge on any atom is -0.464 e. The number of alkyl halides is 1. The summed E-state index contributed by atoms with van der Waals surface area (Å²) in [5, 5.41) is 3.54. The number of esters is 1. The van der Waals surface area contributed by atoms with Gasteiger partial charge >= 0.3 is 5.97 Å². The van der Waals surface area contributed by atoms with E-state index < -0.39 is 6.04 Å². The highest BCUT2D eigenvalue weighted by molar-refractivity contribution is 9.09. The summed E-state index contributed by atoms with van der Waals surface area (Å²) < 4.78 is 5.51. The molecule has 0 saturated heterocycles. The molecule has 0 aliphatic carbocycles. The Bertz CT molecular complexity index is 706. The summed E-state index contributed by atoms with van der Waals surface area (Å²) in [5.41, 5.74) is 2.12. The van der Waals surface area contributed by atoms with Crippen molar-refractivity contribution < 1.29 is 9.53 Å². The molecule has 0 radical (unpaired) electrons. The van der Waals surface area contributed by atoms with Crippen LogP contribution in [0.5, 0.6) is 0 Å². The molecular weight excluding hydrogens is 410 g/mol. The van der Waals surface area contributed by atoms with Crippen molar-refractivity contribution in [2.75, 3.05) is 18.5 Å². The topological polar surface area (TPSA) is 29.5 Å². The maximum absolute atomic E-state index is 12.8. The van der Waals surface area contributed by atoms with E-state index in [0.717, 1.165) is 36.8 Å². The van der Waals surface area contributed by atoms with E-state index in [2.05, 4.69) is 32.3 Å². The minimum absolute atomic E-state index is 0.220. The van der Waals surface area contributed by atoms with Crippen LogP contribution in [0.3, 0.4) is 0 Å². The number of ether oxygens (including phenoxy) is 1. The van der Waals surface area contributed by atoms with E-state index >= 15 is 0 Å². The number of hydrogen-bond donors (Lipinski definition) is 0. The molecule has 0 saturated carbocycles. The Balaban J connectivity index is 1.85. The Labute approximate surface area is 159 Å². The number of nitrogens with zero attached hydrogens (tertiary/aromatic N) is 1. The number of hydrogen-bond acceptors (Lipinski definition) is 4. The highest BCUT2D eigenvalue weighted by Gasteiger charge is 2.33. The maximum Gasteiger partial charge on any atom is 0.328 e. The van der Waals surface area contributed by atoms with Crippen molar-refractivity contribution in [3.63, 3.8) is 0 Å². The minimum atomic E-state index is -0.456. The fourth-order valence-electron chi connectivity index (χ4n) is 2.97. The van der Waals surface area contributed by atoms with Crippen LogP contribution < -0.4 is 0 Å². The molecule has 2 aromatic rings. The summed E-state index contributed by atoms with van der Waals surface area (Å²) in [6.45, 7) is 2.00. The van der Waals surface area contributed by atoms with Gasteiger partial charge in [0.1, 0.15) is 6.04 Å². The Morgan fingerprint density at radius 1 is 1.38 bits per heavy atom. The zero-order valence-electron chi connectivity index (χ0n) is 13.2. The zero-order chi connectivity index (χ0) is 16.9. The van der Waals surface area contributed by atoms with Crippen molar-refractivity contribution in [2.45, 2.75) is 25.4 Å². The lowest BCUT2D eigenvalue weighted by Crippen LogP contribution is -2.38. The third-order valence-corrected chi connectivity index (χ3v) is 6.08. The number of fused-ring (bicyclic) bond motifs is 1. The van der Waals surface area contributed by atoms with Gasteiger partial charge in [-0.15, -0.1) is 11.3 Å². The molecule has 0 unspecified atom stereocenters.